The zero-order valence-corrected chi connectivity index (χ0v) is 12.1. The molecule has 0 saturated heterocycles. The Bertz CT molecular complexity index is 727. The van der Waals surface area contributed by atoms with Gasteiger partial charge in [0.2, 0.25) is 0 Å². The number of sulfonamides is 1. The van der Waals surface area contributed by atoms with E-state index in [1.165, 1.54) is 37.5 Å². The first-order valence-corrected chi connectivity index (χ1v) is 7.56. The maximum atomic E-state index is 12.4. The summed E-state index contributed by atoms with van der Waals surface area (Å²) in [6.45, 7) is 0. The summed E-state index contributed by atoms with van der Waals surface area (Å²) in [5.41, 5.74) is 0.543. The quantitative estimate of drug-likeness (QED) is 0.905. The Morgan fingerprint density at radius 2 is 1.86 bits per heavy atom. The average Bonchev–Trinajstić information content (AvgIpc) is 2.47. The highest BCUT2D eigenvalue weighted by Crippen LogP contribution is 2.20. The molecule has 0 aliphatic carbocycles. The van der Waals surface area contributed by atoms with E-state index in [1.807, 2.05) is 0 Å². The summed E-state index contributed by atoms with van der Waals surface area (Å²) >= 11 is 0. The Balaban J connectivity index is 2.29. The van der Waals surface area contributed by atoms with Crippen LogP contribution in [-0.2, 0) is 21.2 Å². The van der Waals surface area contributed by atoms with Gasteiger partial charge in [-0.3, -0.25) is 9.10 Å². The summed E-state index contributed by atoms with van der Waals surface area (Å²) in [4.78, 5) is 14.7. The van der Waals surface area contributed by atoms with E-state index in [4.69, 9.17) is 5.11 Å². The molecule has 0 spiro atoms. The molecule has 0 aliphatic rings. The Morgan fingerprint density at radius 3 is 2.38 bits per heavy atom. The molecule has 1 N–H and O–H groups in total. The van der Waals surface area contributed by atoms with Crippen molar-refractivity contribution in [2.75, 3.05) is 11.4 Å². The van der Waals surface area contributed by atoms with E-state index in [-0.39, 0.29) is 11.3 Å². The Kier molecular flexibility index (Phi) is 4.23. The van der Waals surface area contributed by atoms with Crippen molar-refractivity contribution in [3.63, 3.8) is 0 Å². The van der Waals surface area contributed by atoms with Gasteiger partial charge in [0.15, 0.2) is 0 Å². The fourth-order valence-electron chi connectivity index (χ4n) is 1.78. The summed E-state index contributed by atoms with van der Waals surface area (Å²) in [5, 5.41) is 8.70. The van der Waals surface area contributed by atoms with Crippen molar-refractivity contribution in [3.8, 4) is 0 Å². The molecule has 1 aromatic heterocycles. The number of anilines is 1. The largest absolute Gasteiger partial charge is 0.481 e. The normalized spacial score (nSPS) is 11.1. The van der Waals surface area contributed by atoms with E-state index in [9.17, 15) is 13.2 Å². The minimum atomic E-state index is -3.71. The van der Waals surface area contributed by atoms with Crippen molar-refractivity contribution >= 4 is 21.8 Å². The SMILES string of the molecule is CN(c1ccccn1)S(=O)(=O)c1ccc(CC(=O)O)cc1. The van der Waals surface area contributed by atoms with Crippen molar-refractivity contribution in [1.82, 2.24) is 4.98 Å². The van der Waals surface area contributed by atoms with Gasteiger partial charge in [-0.25, -0.2) is 13.4 Å². The van der Waals surface area contributed by atoms with Crippen molar-refractivity contribution in [2.45, 2.75) is 11.3 Å². The van der Waals surface area contributed by atoms with Gasteiger partial charge in [0.1, 0.15) is 5.82 Å². The predicted octanol–water partition coefficient (Wildman–Crippen LogP) is 1.53. The third kappa shape index (κ3) is 3.38. The number of benzene rings is 1. The summed E-state index contributed by atoms with van der Waals surface area (Å²) in [7, 11) is -2.29. The van der Waals surface area contributed by atoms with E-state index in [0.29, 0.717) is 11.4 Å². The maximum absolute atomic E-state index is 12.4. The van der Waals surface area contributed by atoms with Crippen molar-refractivity contribution in [2.24, 2.45) is 0 Å². The molecule has 0 radical (unpaired) electrons. The minimum absolute atomic E-state index is 0.0878. The summed E-state index contributed by atoms with van der Waals surface area (Å²) in [6.07, 6.45) is 1.37. The first kappa shape index (κ1) is 15.0. The molecule has 6 nitrogen and oxygen atoms in total. The number of aliphatic carboxylic acids is 1. The lowest BCUT2D eigenvalue weighted by Crippen LogP contribution is -2.27. The van der Waals surface area contributed by atoms with E-state index in [0.717, 1.165) is 4.31 Å². The molecule has 0 atom stereocenters. The van der Waals surface area contributed by atoms with Crippen LogP contribution in [0, 0.1) is 0 Å². The number of carboxylic acid groups (broad SMARTS) is 1. The molecule has 0 amide bonds. The molecule has 0 unspecified atom stereocenters. The Morgan fingerprint density at radius 1 is 1.19 bits per heavy atom. The lowest BCUT2D eigenvalue weighted by Gasteiger charge is -2.18. The lowest BCUT2D eigenvalue weighted by atomic mass is 10.2. The molecule has 2 aromatic rings. The van der Waals surface area contributed by atoms with E-state index >= 15 is 0 Å². The summed E-state index contributed by atoms with van der Waals surface area (Å²) in [6, 6.07) is 10.8. The van der Waals surface area contributed by atoms with Crippen LogP contribution >= 0.6 is 0 Å². The maximum Gasteiger partial charge on any atom is 0.307 e. The van der Waals surface area contributed by atoms with E-state index in [1.54, 1.807) is 18.2 Å². The number of aromatic nitrogens is 1. The van der Waals surface area contributed by atoms with Gasteiger partial charge >= 0.3 is 5.97 Å². The van der Waals surface area contributed by atoms with Crippen LogP contribution in [0.3, 0.4) is 0 Å². The lowest BCUT2D eigenvalue weighted by molar-refractivity contribution is -0.136. The van der Waals surface area contributed by atoms with Gasteiger partial charge in [-0.05, 0) is 29.8 Å². The monoisotopic (exact) mass is 306 g/mol. The van der Waals surface area contributed by atoms with Crippen molar-refractivity contribution in [1.29, 1.82) is 0 Å². The van der Waals surface area contributed by atoms with E-state index < -0.39 is 16.0 Å². The second kappa shape index (κ2) is 5.92. The Labute approximate surface area is 122 Å². The number of hydrogen-bond donors (Lipinski definition) is 1. The molecule has 0 fully saturated rings. The minimum Gasteiger partial charge on any atom is -0.481 e. The zero-order valence-electron chi connectivity index (χ0n) is 11.3. The summed E-state index contributed by atoms with van der Waals surface area (Å²) in [5.74, 6) is -0.650. The van der Waals surface area contributed by atoms with Gasteiger partial charge in [0.05, 0.1) is 11.3 Å². The predicted molar refractivity (Wildman–Crippen MR) is 77.6 cm³/mol. The van der Waals surface area contributed by atoms with Gasteiger partial charge < -0.3 is 5.11 Å². The molecule has 2 rings (SSSR count). The fourth-order valence-corrected chi connectivity index (χ4v) is 2.93. The molecule has 1 aromatic carbocycles. The molecule has 21 heavy (non-hydrogen) atoms. The molecule has 0 bridgehead atoms. The number of carbonyl (C=O) groups is 1. The van der Waals surface area contributed by atoms with Crippen molar-refractivity contribution < 1.29 is 18.3 Å². The second-order valence-electron chi connectivity index (χ2n) is 4.37. The highest BCUT2D eigenvalue weighted by atomic mass is 32.2. The molecular formula is C14H14N2O4S. The van der Waals surface area contributed by atoms with Gasteiger partial charge in [-0.15, -0.1) is 0 Å². The molecule has 110 valence electrons. The van der Waals surface area contributed by atoms with Crippen LogP contribution in [0.1, 0.15) is 5.56 Å². The first-order valence-electron chi connectivity index (χ1n) is 6.12. The molecule has 1 heterocycles. The second-order valence-corrected chi connectivity index (χ2v) is 6.34. The van der Waals surface area contributed by atoms with Crippen LogP contribution in [0.5, 0.6) is 0 Å². The van der Waals surface area contributed by atoms with Gasteiger partial charge in [-0.2, -0.15) is 0 Å². The number of carboxylic acids is 1. The van der Waals surface area contributed by atoms with Gasteiger partial charge in [0, 0.05) is 13.2 Å². The van der Waals surface area contributed by atoms with E-state index in [2.05, 4.69) is 4.98 Å². The van der Waals surface area contributed by atoms with Crippen LogP contribution in [0.25, 0.3) is 0 Å². The third-order valence-electron chi connectivity index (χ3n) is 2.91. The number of pyridine rings is 1. The number of nitrogens with zero attached hydrogens (tertiary/aromatic N) is 2. The average molecular weight is 306 g/mol. The standard InChI is InChI=1S/C14H14N2O4S/c1-16(13-4-2-3-9-15-13)21(19,20)12-7-5-11(6-8-12)10-14(17)18/h2-9H,10H2,1H3,(H,17,18). The van der Waals surface area contributed by atoms with Crippen LogP contribution in [0.15, 0.2) is 53.6 Å². The molecule has 0 aliphatic heterocycles. The van der Waals surface area contributed by atoms with Gasteiger partial charge in [-0.1, -0.05) is 18.2 Å². The number of hydrogen-bond acceptors (Lipinski definition) is 4. The highest BCUT2D eigenvalue weighted by molar-refractivity contribution is 7.92. The fraction of sp³-hybridized carbons (Fsp3) is 0.143. The van der Waals surface area contributed by atoms with Gasteiger partial charge in [0.25, 0.3) is 10.0 Å². The molecule has 7 heteroatoms. The molecular weight excluding hydrogens is 292 g/mol. The number of rotatable bonds is 5. The van der Waals surface area contributed by atoms with Crippen molar-refractivity contribution in [3.05, 3.63) is 54.2 Å². The topological polar surface area (TPSA) is 87.6 Å². The third-order valence-corrected chi connectivity index (χ3v) is 4.69. The zero-order chi connectivity index (χ0) is 15.5. The van der Waals surface area contributed by atoms with Crippen LogP contribution in [-0.4, -0.2) is 31.5 Å². The summed E-state index contributed by atoms with van der Waals surface area (Å²) < 4.78 is 26.0. The highest BCUT2D eigenvalue weighted by Gasteiger charge is 2.21. The Hall–Kier alpha value is -2.41. The first-order chi connectivity index (χ1) is 9.91. The van der Waals surface area contributed by atoms with Crippen LogP contribution in [0.2, 0.25) is 0 Å². The molecule has 0 saturated carbocycles. The smallest absolute Gasteiger partial charge is 0.307 e. The van der Waals surface area contributed by atoms with Crippen LogP contribution in [0.4, 0.5) is 5.82 Å². The van der Waals surface area contributed by atoms with Crippen LogP contribution < -0.4 is 4.31 Å².